The molecule has 3 aliphatic rings. The molecular formula is C21H41N5O12. The van der Waals surface area contributed by atoms with E-state index in [1.807, 2.05) is 0 Å². The molecule has 0 aromatic heterocycles. The van der Waals surface area contributed by atoms with Crippen LogP contribution in [0.2, 0.25) is 0 Å². The van der Waals surface area contributed by atoms with Crippen LogP contribution in [0.1, 0.15) is 12.8 Å². The Labute approximate surface area is 218 Å². The zero-order valence-corrected chi connectivity index (χ0v) is 20.7. The van der Waals surface area contributed by atoms with E-state index >= 15 is 0 Å². The minimum Gasteiger partial charge on any atom is -0.394 e. The Kier molecular flexibility index (Phi) is 11.1. The number of nitrogens with two attached hydrogens (primary N) is 4. The number of nitrogens with one attached hydrogen (secondary N) is 1. The second kappa shape index (κ2) is 13.5. The average molecular weight is 556 g/mol. The first kappa shape index (κ1) is 31.4. The van der Waals surface area contributed by atoms with Gasteiger partial charge in [-0.2, -0.15) is 0 Å². The minimum absolute atomic E-state index is 0.0255. The molecule has 3 rings (SSSR count). The molecule has 1 saturated carbocycles. The highest BCUT2D eigenvalue weighted by molar-refractivity contribution is 5.80. The zero-order valence-electron chi connectivity index (χ0n) is 20.7. The lowest BCUT2D eigenvalue weighted by Gasteiger charge is -2.48. The van der Waals surface area contributed by atoms with E-state index in [1.165, 1.54) is 0 Å². The Bertz CT molecular complexity index is 770. The Morgan fingerprint density at radius 1 is 0.895 bits per heavy atom. The lowest BCUT2D eigenvalue weighted by atomic mass is 9.83. The predicted molar refractivity (Wildman–Crippen MR) is 125 cm³/mol. The van der Waals surface area contributed by atoms with Crippen LogP contribution < -0.4 is 28.3 Å². The van der Waals surface area contributed by atoms with E-state index in [0.29, 0.717) is 0 Å². The van der Waals surface area contributed by atoms with E-state index in [-0.39, 0.29) is 25.9 Å². The van der Waals surface area contributed by atoms with Crippen molar-refractivity contribution in [2.24, 2.45) is 22.9 Å². The van der Waals surface area contributed by atoms with Crippen LogP contribution in [0.4, 0.5) is 0 Å². The van der Waals surface area contributed by atoms with Gasteiger partial charge in [-0.1, -0.05) is 0 Å². The Hall–Kier alpha value is -1.13. The summed E-state index contributed by atoms with van der Waals surface area (Å²) in [6.07, 6.45) is -16.9. The largest absolute Gasteiger partial charge is 0.394 e. The molecule has 2 saturated heterocycles. The molecule has 0 spiro atoms. The third-order valence-corrected chi connectivity index (χ3v) is 7.15. The quantitative estimate of drug-likeness (QED) is 0.119. The topological polar surface area (TPSA) is 312 Å². The van der Waals surface area contributed by atoms with Gasteiger partial charge in [-0.15, -0.1) is 0 Å². The van der Waals surface area contributed by atoms with E-state index in [9.17, 15) is 40.5 Å². The van der Waals surface area contributed by atoms with E-state index in [2.05, 4.69) is 5.32 Å². The summed E-state index contributed by atoms with van der Waals surface area (Å²) in [5.74, 6) is -0.807. The summed E-state index contributed by atoms with van der Waals surface area (Å²) in [6.45, 7) is -0.764. The second-order valence-electron chi connectivity index (χ2n) is 9.84. The maximum Gasteiger partial charge on any atom is 0.249 e. The molecule has 3 fully saturated rings. The van der Waals surface area contributed by atoms with Gasteiger partial charge in [-0.3, -0.25) is 4.79 Å². The molecule has 222 valence electrons. The van der Waals surface area contributed by atoms with Crippen LogP contribution in [0.3, 0.4) is 0 Å². The van der Waals surface area contributed by atoms with Crippen molar-refractivity contribution in [1.29, 1.82) is 0 Å². The summed E-state index contributed by atoms with van der Waals surface area (Å²) >= 11 is 0. The van der Waals surface area contributed by atoms with Crippen molar-refractivity contribution in [3.05, 3.63) is 0 Å². The van der Waals surface area contributed by atoms with Gasteiger partial charge in [-0.25, -0.2) is 0 Å². The summed E-state index contributed by atoms with van der Waals surface area (Å²) in [6, 6.07) is -3.29. The highest BCUT2D eigenvalue weighted by atomic mass is 16.7. The monoisotopic (exact) mass is 555 g/mol. The summed E-state index contributed by atoms with van der Waals surface area (Å²) < 4.78 is 22.7. The lowest BCUT2D eigenvalue weighted by Crippen LogP contribution is -2.69. The van der Waals surface area contributed by atoms with Crippen molar-refractivity contribution in [2.45, 2.75) is 105 Å². The minimum atomic E-state index is -1.62. The van der Waals surface area contributed by atoms with Crippen molar-refractivity contribution in [3.63, 3.8) is 0 Å². The number of hydrogen-bond acceptors (Lipinski definition) is 16. The fraction of sp³-hybridized carbons (Fsp3) is 0.952. The molecule has 1 aliphatic carbocycles. The van der Waals surface area contributed by atoms with E-state index in [0.717, 1.165) is 0 Å². The number of aliphatic hydroxyl groups excluding tert-OH is 7. The van der Waals surface area contributed by atoms with Crippen LogP contribution in [-0.2, 0) is 23.7 Å². The predicted octanol–water partition coefficient (Wildman–Crippen LogP) is -7.79. The van der Waals surface area contributed by atoms with E-state index in [4.69, 9.17) is 41.9 Å². The Balaban J connectivity index is 1.84. The van der Waals surface area contributed by atoms with Gasteiger partial charge in [0, 0.05) is 12.6 Å². The lowest BCUT2D eigenvalue weighted by molar-refractivity contribution is -0.307. The molecule has 2 aliphatic heterocycles. The van der Waals surface area contributed by atoms with Crippen LogP contribution >= 0.6 is 0 Å². The van der Waals surface area contributed by atoms with Crippen LogP contribution in [-0.4, -0.2) is 153 Å². The maximum absolute atomic E-state index is 12.4. The third kappa shape index (κ3) is 6.60. The number of carbonyl (C=O) groups excluding carboxylic acids is 1. The molecule has 0 bridgehead atoms. The molecule has 17 heteroatoms. The summed E-state index contributed by atoms with van der Waals surface area (Å²) in [5, 5.41) is 74.0. The molecule has 17 nitrogen and oxygen atoms in total. The van der Waals surface area contributed by atoms with Gasteiger partial charge >= 0.3 is 0 Å². The second-order valence-corrected chi connectivity index (χ2v) is 9.84. The Morgan fingerprint density at radius 2 is 1.50 bits per heavy atom. The van der Waals surface area contributed by atoms with Gasteiger partial charge in [0.05, 0.1) is 18.7 Å². The molecule has 0 aromatic rings. The van der Waals surface area contributed by atoms with E-state index < -0.39 is 104 Å². The number of rotatable bonds is 10. The van der Waals surface area contributed by atoms with Crippen molar-refractivity contribution in [2.75, 3.05) is 19.7 Å². The van der Waals surface area contributed by atoms with Crippen molar-refractivity contribution in [1.82, 2.24) is 5.32 Å². The summed E-state index contributed by atoms with van der Waals surface area (Å²) in [5.41, 5.74) is 23.3. The number of hydrogen-bond donors (Lipinski definition) is 12. The first-order chi connectivity index (χ1) is 17.9. The van der Waals surface area contributed by atoms with Crippen LogP contribution in [0.5, 0.6) is 0 Å². The number of carbonyl (C=O) groups is 1. The molecule has 38 heavy (non-hydrogen) atoms. The average Bonchev–Trinajstić information content (AvgIpc) is 3.16. The molecule has 1 amide bonds. The van der Waals surface area contributed by atoms with Crippen molar-refractivity contribution in [3.8, 4) is 0 Å². The molecule has 0 aromatic carbocycles. The van der Waals surface area contributed by atoms with Crippen molar-refractivity contribution < 1.29 is 59.5 Å². The highest BCUT2D eigenvalue weighted by Crippen LogP contribution is 2.32. The van der Waals surface area contributed by atoms with Crippen LogP contribution in [0.15, 0.2) is 0 Å². The highest BCUT2D eigenvalue weighted by Gasteiger charge is 2.53. The number of aliphatic hydroxyl groups is 7. The van der Waals surface area contributed by atoms with Gasteiger partial charge < -0.3 is 82.9 Å². The van der Waals surface area contributed by atoms with Gasteiger partial charge in [0.25, 0.3) is 0 Å². The number of ether oxygens (including phenoxy) is 4. The van der Waals surface area contributed by atoms with Gasteiger partial charge in [-0.05, 0) is 19.4 Å². The van der Waals surface area contributed by atoms with Crippen LogP contribution in [0.25, 0.3) is 0 Å². The van der Waals surface area contributed by atoms with Gasteiger partial charge in [0.15, 0.2) is 12.6 Å². The standard InChI is InChI=1S/C21H41N5O12/c22-2-1-8(28)19(34)26-7-3-6(24)17(37-20-11(25)15(32)13(30)9(4-23)35-20)18(12(7)29)38-21-16(33)14(31)10(5-27)36-21/h6-18,20-21,27-33H,1-5,22-25H2,(H,26,34)/t6-,7-,8-,9+,10-,11+,12-,13-,14+,15-,16-,17-,18-,20-,21+/m1/s1. The normalized spacial score (nSPS) is 46.6. The zero-order chi connectivity index (χ0) is 28.3. The third-order valence-electron chi connectivity index (χ3n) is 7.15. The fourth-order valence-electron chi connectivity index (χ4n) is 4.84. The van der Waals surface area contributed by atoms with Crippen molar-refractivity contribution >= 4 is 5.91 Å². The molecule has 2 heterocycles. The summed E-state index contributed by atoms with van der Waals surface area (Å²) in [4.78, 5) is 12.4. The van der Waals surface area contributed by atoms with Crippen LogP contribution in [0, 0.1) is 0 Å². The first-order valence-corrected chi connectivity index (χ1v) is 12.5. The molecule has 0 radical (unpaired) electrons. The SMILES string of the molecule is NCC[C@@H](O)C(=O)N[C@@H]1C[C@@H](N)[C@@H](O[C@H]2O[C@@H](CN)[C@@H](O)[C@H](O)[C@@H]2N)[C@H](O[C@@H]2O[C@H](CO)[C@H](O)[C@H]2O)[C@@H]1O. The summed E-state index contributed by atoms with van der Waals surface area (Å²) in [7, 11) is 0. The van der Waals surface area contributed by atoms with Gasteiger partial charge in [0.2, 0.25) is 5.91 Å². The molecule has 0 unspecified atom stereocenters. The molecule has 16 N–H and O–H groups in total. The first-order valence-electron chi connectivity index (χ1n) is 12.5. The Morgan fingerprint density at radius 3 is 2.08 bits per heavy atom. The molecular weight excluding hydrogens is 514 g/mol. The number of amides is 1. The van der Waals surface area contributed by atoms with Gasteiger partial charge in [0.1, 0.15) is 61.0 Å². The maximum atomic E-state index is 12.4. The smallest absolute Gasteiger partial charge is 0.249 e. The van der Waals surface area contributed by atoms with E-state index in [1.54, 1.807) is 0 Å². The molecule has 15 atom stereocenters. The fourth-order valence-corrected chi connectivity index (χ4v) is 4.84.